The monoisotopic (exact) mass is 186 g/mol. The van der Waals surface area contributed by atoms with Crippen LogP contribution in [0.25, 0.3) is 0 Å². The van der Waals surface area contributed by atoms with E-state index >= 15 is 0 Å². The van der Waals surface area contributed by atoms with Crippen LogP contribution in [0.5, 0.6) is 0 Å². The molecule has 0 saturated carbocycles. The first kappa shape index (κ1) is 12.9. The van der Waals surface area contributed by atoms with Crippen molar-refractivity contribution >= 4 is 0 Å². The van der Waals surface area contributed by atoms with E-state index in [4.69, 9.17) is 0 Å². The summed E-state index contributed by atoms with van der Waals surface area (Å²) in [5.41, 5.74) is 0. The van der Waals surface area contributed by atoms with Gasteiger partial charge in [-0.25, -0.2) is 0 Å². The Morgan fingerprint density at radius 3 is 1.77 bits per heavy atom. The molecule has 80 valence electrons. The van der Waals surface area contributed by atoms with Gasteiger partial charge >= 0.3 is 0 Å². The maximum Gasteiger partial charge on any atom is -0.00185 e. The average molecular weight is 186 g/mol. The van der Waals surface area contributed by atoms with Crippen LogP contribution >= 0.6 is 0 Å². The van der Waals surface area contributed by atoms with Gasteiger partial charge in [0.05, 0.1) is 0 Å². The minimum atomic E-state index is 1.17. The van der Waals surface area contributed by atoms with Gasteiger partial charge in [-0.3, -0.25) is 0 Å². The average Bonchev–Trinajstić information content (AvgIpc) is 2.18. The predicted octanol–water partition coefficient (Wildman–Crippen LogP) is 2.06. The fraction of sp³-hybridized carbons (Fsp3) is 1.00. The highest BCUT2D eigenvalue weighted by molar-refractivity contribution is 4.54. The first-order valence-electron chi connectivity index (χ1n) is 5.65. The molecule has 0 aliphatic carbocycles. The lowest BCUT2D eigenvalue weighted by Gasteiger charge is -2.19. The molecule has 0 atom stereocenters. The molecule has 0 amide bonds. The van der Waals surface area contributed by atoms with E-state index in [1.54, 1.807) is 0 Å². The molecule has 2 heteroatoms. The van der Waals surface area contributed by atoms with Crippen molar-refractivity contribution in [3.05, 3.63) is 0 Å². The molecule has 0 aliphatic heterocycles. The third-order valence-electron chi connectivity index (χ3n) is 2.70. The molecular formula is C11H26N2. The van der Waals surface area contributed by atoms with Gasteiger partial charge in [0.15, 0.2) is 0 Å². The first-order valence-corrected chi connectivity index (χ1v) is 5.65. The maximum atomic E-state index is 2.49. The lowest BCUT2D eigenvalue weighted by molar-refractivity contribution is 0.280. The summed E-state index contributed by atoms with van der Waals surface area (Å²) in [5, 5.41) is 0. The Hall–Kier alpha value is -0.0800. The van der Waals surface area contributed by atoms with Crippen LogP contribution in [0.15, 0.2) is 0 Å². The summed E-state index contributed by atoms with van der Waals surface area (Å²) >= 11 is 0. The van der Waals surface area contributed by atoms with E-state index in [1.807, 2.05) is 0 Å². The molecule has 0 rings (SSSR count). The second-order valence-electron chi connectivity index (χ2n) is 3.63. The molecule has 0 fully saturated rings. The number of unbranched alkanes of at least 4 members (excludes halogenated alkanes) is 1. The molecule has 0 saturated heterocycles. The third-order valence-corrected chi connectivity index (χ3v) is 2.70. The highest BCUT2D eigenvalue weighted by Crippen LogP contribution is 1.96. The minimum Gasteiger partial charge on any atom is -0.307 e. The molecule has 0 N–H and O–H groups in total. The summed E-state index contributed by atoms with van der Waals surface area (Å²) in [6, 6.07) is 0. The Labute approximate surface area is 83.9 Å². The largest absolute Gasteiger partial charge is 0.307 e. The van der Waals surface area contributed by atoms with E-state index in [0.29, 0.717) is 0 Å². The van der Waals surface area contributed by atoms with Gasteiger partial charge in [0, 0.05) is 0 Å². The molecule has 0 radical (unpaired) electrons. The van der Waals surface area contributed by atoms with Crippen molar-refractivity contribution in [2.75, 3.05) is 39.8 Å². The van der Waals surface area contributed by atoms with Gasteiger partial charge in [0.1, 0.15) is 0 Å². The summed E-state index contributed by atoms with van der Waals surface area (Å²) in [5.74, 6) is 0. The molecule has 0 aromatic heterocycles. The highest BCUT2D eigenvalue weighted by atomic mass is 15.1. The summed E-state index contributed by atoms with van der Waals surface area (Å²) in [6.45, 7) is 12.8. The van der Waals surface area contributed by atoms with Crippen molar-refractivity contribution in [2.45, 2.75) is 33.6 Å². The quantitative estimate of drug-likeness (QED) is 0.535. The van der Waals surface area contributed by atoms with Gasteiger partial charge in [-0.1, -0.05) is 20.8 Å². The zero-order chi connectivity index (χ0) is 10.1. The van der Waals surface area contributed by atoms with Crippen molar-refractivity contribution in [3.63, 3.8) is 0 Å². The molecule has 0 aromatic carbocycles. The highest BCUT2D eigenvalue weighted by Gasteiger charge is 1.98. The van der Waals surface area contributed by atoms with Gasteiger partial charge in [-0.15, -0.1) is 0 Å². The predicted molar refractivity (Wildman–Crippen MR) is 60.2 cm³/mol. The number of rotatable bonds is 8. The van der Waals surface area contributed by atoms with Gasteiger partial charge in [0.2, 0.25) is 0 Å². The van der Waals surface area contributed by atoms with Crippen LogP contribution in [0.1, 0.15) is 33.6 Å². The zero-order valence-corrected chi connectivity index (χ0v) is 9.84. The van der Waals surface area contributed by atoms with Crippen LogP contribution < -0.4 is 0 Å². The molecule has 0 unspecified atom stereocenters. The zero-order valence-electron chi connectivity index (χ0n) is 9.84. The normalized spacial score (nSPS) is 11.5. The van der Waals surface area contributed by atoms with Crippen LogP contribution in [-0.2, 0) is 0 Å². The van der Waals surface area contributed by atoms with Crippen molar-refractivity contribution < 1.29 is 0 Å². The van der Waals surface area contributed by atoms with Crippen molar-refractivity contribution in [2.24, 2.45) is 0 Å². The van der Waals surface area contributed by atoms with E-state index < -0.39 is 0 Å². The van der Waals surface area contributed by atoms with Crippen molar-refractivity contribution in [1.82, 2.24) is 9.80 Å². The van der Waals surface area contributed by atoms with Crippen LogP contribution in [0.2, 0.25) is 0 Å². The summed E-state index contributed by atoms with van der Waals surface area (Å²) in [6.07, 6.45) is 2.67. The maximum absolute atomic E-state index is 2.49. The third kappa shape index (κ3) is 7.03. The topological polar surface area (TPSA) is 6.48 Å². The van der Waals surface area contributed by atoms with Crippen molar-refractivity contribution in [1.29, 1.82) is 0 Å². The van der Waals surface area contributed by atoms with E-state index in [0.717, 1.165) is 0 Å². The molecular weight excluding hydrogens is 160 g/mol. The van der Waals surface area contributed by atoms with E-state index in [9.17, 15) is 0 Å². The smallest absolute Gasteiger partial charge is 0.00185 e. The molecule has 13 heavy (non-hydrogen) atoms. The van der Waals surface area contributed by atoms with E-state index in [-0.39, 0.29) is 0 Å². The second kappa shape index (κ2) is 8.52. The molecule has 0 heterocycles. The molecule has 0 aliphatic rings. The van der Waals surface area contributed by atoms with Crippen LogP contribution in [0, 0.1) is 0 Å². The Morgan fingerprint density at radius 1 is 0.769 bits per heavy atom. The van der Waals surface area contributed by atoms with E-state index in [1.165, 1.54) is 45.6 Å². The Balaban J connectivity index is 3.23. The summed E-state index contributed by atoms with van der Waals surface area (Å²) < 4.78 is 0. The number of nitrogens with zero attached hydrogens (tertiary/aromatic N) is 2. The van der Waals surface area contributed by atoms with Gasteiger partial charge in [0.25, 0.3) is 0 Å². The fourth-order valence-corrected chi connectivity index (χ4v) is 1.42. The molecule has 0 bridgehead atoms. The Kier molecular flexibility index (Phi) is 8.46. The van der Waals surface area contributed by atoms with Gasteiger partial charge < -0.3 is 9.80 Å². The Morgan fingerprint density at radius 2 is 1.31 bits per heavy atom. The first-order chi connectivity index (χ1) is 6.24. The lowest BCUT2D eigenvalue weighted by atomic mass is 10.2. The number of hydrogen-bond acceptors (Lipinski definition) is 2. The fourth-order valence-electron chi connectivity index (χ4n) is 1.42. The minimum absolute atomic E-state index is 1.17. The summed E-state index contributed by atoms with van der Waals surface area (Å²) in [7, 11) is 2.19. The lowest BCUT2D eigenvalue weighted by Crippen LogP contribution is -2.25. The van der Waals surface area contributed by atoms with Crippen molar-refractivity contribution in [3.8, 4) is 0 Å². The van der Waals surface area contributed by atoms with E-state index in [2.05, 4.69) is 37.6 Å². The molecule has 0 spiro atoms. The standard InChI is InChI=1S/C11H26N2/c1-5-12(4)10-8-9-11-13(6-2)7-3/h5-11H2,1-4H3. The van der Waals surface area contributed by atoms with Gasteiger partial charge in [-0.05, 0) is 52.6 Å². The second-order valence-corrected chi connectivity index (χ2v) is 3.63. The van der Waals surface area contributed by atoms with Crippen LogP contribution in [0.4, 0.5) is 0 Å². The Bertz CT molecular complexity index is 100. The van der Waals surface area contributed by atoms with Crippen LogP contribution in [-0.4, -0.2) is 49.6 Å². The van der Waals surface area contributed by atoms with Crippen LogP contribution in [0.3, 0.4) is 0 Å². The number of hydrogen-bond donors (Lipinski definition) is 0. The van der Waals surface area contributed by atoms with Gasteiger partial charge in [-0.2, -0.15) is 0 Å². The summed E-state index contributed by atoms with van der Waals surface area (Å²) in [4.78, 5) is 4.87. The molecule has 0 aromatic rings. The molecule has 2 nitrogen and oxygen atoms in total. The SMILES string of the molecule is CCN(C)CCCCN(CC)CC.